The number of para-hydroxylation sites is 1. The smallest absolute Gasteiger partial charge is 0.184 e. The van der Waals surface area contributed by atoms with Gasteiger partial charge in [-0.25, -0.2) is 4.98 Å². The van der Waals surface area contributed by atoms with Gasteiger partial charge in [0.2, 0.25) is 0 Å². The van der Waals surface area contributed by atoms with Crippen molar-refractivity contribution >= 4 is 21.6 Å². The molecule has 0 amide bonds. The first kappa shape index (κ1) is 17.9. The van der Waals surface area contributed by atoms with E-state index in [1.165, 1.54) is 11.3 Å². The Balaban J connectivity index is 1.80. The molecule has 0 bridgehead atoms. The molecule has 0 fully saturated rings. The van der Waals surface area contributed by atoms with Crippen molar-refractivity contribution in [3.05, 3.63) is 125 Å². The number of hydrogen-bond donors (Lipinski definition) is 1. The summed E-state index contributed by atoms with van der Waals surface area (Å²) in [7, 11) is 0. The van der Waals surface area contributed by atoms with Crippen LogP contribution in [-0.4, -0.2) is 10.1 Å². The average Bonchev–Trinajstić information content (AvgIpc) is 3.46. The molecular weight excluding hydrogens is 378 g/mol. The monoisotopic (exact) mass is 397 g/mol. The summed E-state index contributed by atoms with van der Waals surface area (Å²) in [6.45, 7) is 0. The maximum absolute atomic E-state index is 12.4. The fourth-order valence-corrected chi connectivity index (χ4v) is 4.96. The molecule has 5 rings (SSSR count). The first-order valence-electron chi connectivity index (χ1n) is 9.49. The summed E-state index contributed by atoms with van der Waals surface area (Å²) in [5.41, 5.74) is 1.42. The van der Waals surface area contributed by atoms with Crippen LogP contribution in [0.2, 0.25) is 0 Å². The first-order chi connectivity index (χ1) is 14.3. The van der Waals surface area contributed by atoms with Gasteiger partial charge < -0.3 is 9.52 Å². The molecule has 2 aromatic heterocycles. The molecule has 2 heterocycles. The fraction of sp³-hybridized carbons (Fsp3) is 0.0800. The Hall–Kier alpha value is -3.21. The van der Waals surface area contributed by atoms with Gasteiger partial charge >= 0.3 is 0 Å². The first-order valence-corrected chi connectivity index (χ1v) is 10.3. The van der Waals surface area contributed by atoms with Crippen LogP contribution >= 0.6 is 11.3 Å². The van der Waals surface area contributed by atoms with E-state index in [0.717, 1.165) is 21.3 Å². The van der Waals surface area contributed by atoms with E-state index >= 15 is 0 Å². The second kappa shape index (κ2) is 7.32. The van der Waals surface area contributed by atoms with E-state index < -0.39 is 5.60 Å². The fourth-order valence-electron chi connectivity index (χ4n) is 3.87. The van der Waals surface area contributed by atoms with E-state index in [1.54, 1.807) is 12.3 Å². The van der Waals surface area contributed by atoms with Gasteiger partial charge in [-0.05, 0) is 35.4 Å². The molecule has 3 aromatic carbocycles. The van der Waals surface area contributed by atoms with E-state index in [-0.39, 0.29) is 5.92 Å². The summed E-state index contributed by atoms with van der Waals surface area (Å²) in [4.78, 5) is 4.82. The van der Waals surface area contributed by atoms with Crippen LogP contribution in [0.3, 0.4) is 0 Å². The number of aliphatic hydroxyl groups is 1. The maximum atomic E-state index is 12.4. The number of fused-ring (bicyclic) bond motifs is 1. The number of furan rings is 1. The standard InChI is InChI=1S/C25H19NO2S/c27-25(22-16-9-17-28-22,24-26-20-14-7-8-15-21(20)29-24)23(18-10-3-1-4-11-18)19-12-5-2-6-13-19/h1-17,23,27H. The van der Waals surface area contributed by atoms with Gasteiger partial charge in [-0.1, -0.05) is 72.8 Å². The van der Waals surface area contributed by atoms with E-state index in [4.69, 9.17) is 9.40 Å². The summed E-state index contributed by atoms with van der Waals surface area (Å²) >= 11 is 1.50. The lowest BCUT2D eigenvalue weighted by Gasteiger charge is -2.34. The summed E-state index contributed by atoms with van der Waals surface area (Å²) in [6, 6.07) is 31.7. The largest absolute Gasteiger partial charge is 0.466 e. The molecule has 0 aliphatic heterocycles. The molecule has 0 spiro atoms. The number of thiazole rings is 1. The van der Waals surface area contributed by atoms with Crippen molar-refractivity contribution in [1.82, 2.24) is 4.98 Å². The molecule has 0 saturated carbocycles. The van der Waals surface area contributed by atoms with Crippen molar-refractivity contribution in [3.8, 4) is 0 Å². The SMILES string of the molecule is OC(c1ccco1)(c1nc2ccccc2s1)C(c1ccccc1)c1ccccc1. The lowest BCUT2D eigenvalue weighted by atomic mass is 9.76. The number of benzene rings is 3. The Morgan fingerprint density at radius 2 is 1.38 bits per heavy atom. The molecule has 142 valence electrons. The third kappa shape index (κ3) is 3.07. The van der Waals surface area contributed by atoms with Crippen molar-refractivity contribution in [2.75, 3.05) is 0 Å². The summed E-state index contributed by atoms with van der Waals surface area (Å²) in [6.07, 6.45) is 1.60. The Labute approximate surface area is 172 Å². The molecular formula is C25H19NO2S. The van der Waals surface area contributed by atoms with E-state index in [0.29, 0.717) is 10.8 Å². The molecule has 1 atom stereocenters. The molecule has 0 aliphatic rings. The zero-order valence-electron chi connectivity index (χ0n) is 15.6. The highest BCUT2D eigenvalue weighted by atomic mass is 32.1. The third-order valence-electron chi connectivity index (χ3n) is 5.20. The Bertz CT molecular complexity index is 1140. The normalized spacial score (nSPS) is 13.6. The van der Waals surface area contributed by atoms with Crippen molar-refractivity contribution in [3.63, 3.8) is 0 Å². The third-order valence-corrected chi connectivity index (χ3v) is 6.36. The summed E-state index contributed by atoms with van der Waals surface area (Å²) in [5.74, 6) is 0.103. The number of aromatic nitrogens is 1. The van der Waals surface area contributed by atoms with Gasteiger partial charge in [0, 0.05) is 0 Å². The second-order valence-electron chi connectivity index (χ2n) is 6.98. The molecule has 4 heteroatoms. The van der Waals surface area contributed by atoms with Crippen molar-refractivity contribution in [1.29, 1.82) is 0 Å². The van der Waals surface area contributed by atoms with Gasteiger partial charge in [-0.3, -0.25) is 0 Å². The van der Waals surface area contributed by atoms with Gasteiger partial charge in [0.1, 0.15) is 10.8 Å². The number of hydrogen-bond acceptors (Lipinski definition) is 4. The summed E-state index contributed by atoms with van der Waals surface area (Å²) in [5, 5.41) is 13.0. The number of nitrogens with zero attached hydrogens (tertiary/aromatic N) is 1. The van der Waals surface area contributed by atoms with Gasteiger partial charge in [0.25, 0.3) is 0 Å². The lowest BCUT2D eigenvalue weighted by molar-refractivity contribution is 0.0396. The molecule has 29 heavy (non-hydrogen) atoms. The van der Waals surface area contributed by atoms with Crippen LogP contribution in [0.15, 0.2) is 108 Å². The zero-order valence-corrected chi connectivity index (χ0v) is 16.4. The molecule has 3 nitrogen and oxygen atoms in total. The van der Waals surface area contributed by atoms with Crippen molar-refractivity contribution in [2.24, 2.45) is 0 Å². The highest BCUT2D eigenvalue weighted by molar-refractivity contribution is 7.18. The minimum atomic E-state index is -1.45. The van der Waals surface area contributed by atoms with Crippen molar-refractivity contribution < 1.29 is 9.52 Å². The second-order valence-corrected chi connectivity index (χ2v) is 8.02. The van der Waals surface area contributed by atoms with Gasteiger partial charge in [0.15, 0.2) is 5.60 Å². The lowest BCUT2D eigenvalue weighted by Crippen LogP contribution is -2.35. The molecule has 0 aliphatic carbocycles. The van der Waals surface area contributed by atoms with Crippen LogP contribution < -0.4 is 0 Å². The van der Waals surface area contributed by atoms with Crippen LogP contribution in [0.1, 0.15) is 27.8 Å². The van der Waals surface area contributed by atoms with Crippen LogP contribution in [0.25, 0.3) is 10.2 Å². The minimum absolute atomic E-state index is 0.378. The van der Waals surface area contributed by atoms with E-state index in [2.05, 4.69) is 0 Å². The maximum Gasteiger partial charge on any atom is 0.184 e. The highest BCUT2D eigenvalue weighted by Crippen LogP contribution is 2.48. The van der Waals surface area contributed by atoms with Crippen LogP contribution in [-0.2, 0) is 5.60 Å². The molecule has 1 N–H and O–H groups in total. The predicted octanol–water partition coefficient (Wildman–Crippen LogP) is 5.96. The van der Waals surface area contributed by atoms with Gasteiger partial charge in [-0.15, -0.1) is 11.3 Å². The van der Waals surface area contributed by atoms with E-state index in [9.17, 15) is 5.11 Å². The predicted molar refractivity (Wildman–Crippen MR) is 116 cm³/mol. The molecule has 5 aromatic rings. The van der Waals surface area contributed by atoms with Crippen LogP contribution in [0, 0.1) is 0 Å². The van der Waals surface area contributed by atoms with Gasteiger partial charge in [0.05, 0.1) is 22.4 Å². The quantitative estimate of drug-likeness (QED) is 0.398. The zero-order chi connectivity index (χ0) is 19.7. The van der Waals surface area contributed by atoms with E-state index in [1.807, 2.05) is 91.0 Å². The average molecular weight is 397 g/mol. The Morgan fingerprint density at radius 1 is 0.759 bits per heavy atom. The minimum Gasteiger partial charge on any atom is -0.466 e. The Kier molecular flexibility index (Phi) is 4.51. The molecule has 1 unspecified atom stereocenters. The highest BCUT2D eigenvalue weighted by Gasteiger charge is 2.47. The van der Waals surface area contributed by atoms with Gasteiger partial charge in [-0.2, -0.15) is 0 Å². The van der Waals surface area contributed by atoms with Crippen molar-refractivity contribution in [2.45, 2.75) is 11.5 Å². The van der Waals surface area contributed by atoms with Crippen LogP contribution in [0.4, 0.5) is 0 Å². The summed E-state index contributed by atoms with van der Waals surface area (Å²) < 4.78 is 6.82. The Morgan fingerprint density at radius 3 is 1.97 bits per heavy atom. The molecule has 0 radical (unpaired) electrons. The number of rotatable bonds is 5. The topological polar surface area (TPSA) is 46.3 Å². The van der Waals surface area contributed by atoms with Crippen LogP contribution in [0.5, 0.6) is 0 Å². The molecule has 0 saturated heterocycles.